The van der Waals surface area contributed by atoms with E-state index in [1.54, 1.807) is 42.5 Å². The lowest BCUT2D eigenvalue weighted by atomic mass is 10.2. The monoisotopic (exact) mass is 286 g/mol. The molecule has 0 saturated heterocycles. The molecule has 0 radical (unpaired) electrons. The minimum absolute atomic E-state index is 0.374. The second-order valence-corrected chi connectivity index (χ2v) is 4.81. The summed E-state index contributed by atoms with van der Waals surface area (Å²) < 4.78 is 5.26. The average Bonchev–Trinajstić information content (AvgIpc) is 2.84. The summed E-state index contributed by atoms with van der Waals surface area (Å²) in [6, 6.07) is 13.7. The molecule has 1 heterocycles. The normalized spacial score (nSPS) is 10.7. The fraction of sp³-hybridized carbons (Fsp3) is 0. The highest BCUT2D eigenvalue weighted by molar-refractivity contribution is 6.31. The highest BCUT2D eigenvalue weighted by Gasteiger charge is 2.12. The van der Waals surface area contributed by atoms with E-state index in [1.807, 2.05) is 6.07 Å². The molecule has 0 unspecified atom stereocenters. The summed E-state index contributed by atoms with van der Waals surface area (Å²) >= 11 is 5.91. The summed E-state index contributed by atoms with van der Waals surface area (Å²) in [7, 11) is 0. The van der Waals surface area contributed by atoms with Crippen LogP contribution in [-0.2, 0) is 0 Å². The van der Waals surface area contributed by atoms with Gasteiger partial charge in [0.2, 0.25) is 0 Å². The van der Waals surface area contributed by atoms with Crippen LogP contribution in [0.25, 0.3) is 10.9 Å². The second-order valence-electron chi connectivity index (χ2n) is 4.37. The molecule has 3 aromatic rings. The minimum Gasteiger partial charge on any atom is -0.422 e. The van der Waals surface area contributed by atoms with Crippen LogP contribution < -0.4 is 10.5 Å². The number of nitrogen functional groups attached to an aromatic ring is 1. The van der Waals surface area contributed by atoms with E-state index in [2.05, 4.69) is 4.98 Å². The molecule has 20 heavy (non-hydrogen) atoms. The SMILES string of the molecule is Nc1ccc(OC(=O)c2cc3cc(Cl)ccc3[nH]2)cc1. The Balaban J connectivity index is 1.86. The Morgan fingerprint density at radius 3 is 2.60 bits per heavy atom. The van der Waals surface area contributed by atoms with Crippen molar-refractivity contribution in [1.82, 2.24) is 4.98 Å². The van der Waals surface area contributed by atoms with Crippen LogP contribution in [0.1, 0.15) is 10.5 Å². The van der Waals surface area contributed by atoms with Crippen molar-refractivity contribution in [3.8, 4) is 5.75 Å². The number of esters is 1. The van der Waals surface area contributed by atoms with Crippen LogP contribution in [0.2, 0.25) is 5.02 Å². The Kier molecular flexibility index (Phi) is 3.08. The van der Waals surface area contributed by atoms with Crippen molar-refractivity contribution in [1.29, 1.82) is 0 Å². The molecule has 0 aliphatic rings. The van der Waals surface area contributed by atoms with Gasteiger partial charge >= 0.3 is 5.97 Å². The summed E-state index contributed by atoms with van der Waals surface area (Å²) in [6.07, 6.45) is 0. The number of hydrogen-bond acceptors (Lipinski definition) is 3. The number of aromatic amines is 1. The van der Waals surface area contributed by atoms with Crippen LogP contribution in [0.3, 0.4) is 0 Å². The van der Waals surface area contributed by atoms with Crippen LogP contribution in [-0.4, -0.2) is 11.0 Å². The first-order valence-corrected chi connectivity index (χ1v) is 6.35. The number of nitrogens with one attached hydrogen (secondary N) is 1. The van der Waals surface area contributed by atoms with E-state index >= 15 is 0 Å². The summed E-state index contributed by atoms with van der Waals surface area (Å²) in [6.45, 7) is 0. The molecule has 3 N–H and O–H groups in total. The molecule has 100 valence electrons. The Labute approximate surface area is 120 Å². The molecule has 0 spiro atoms. The van der Waals surface area contributed by atoms with Gasteiger partial charge in [0.25, 0.3) is 0 Å². The molecule has 5 heteroatoms. The zero-order chi connectivity index (χ0) is 14.1. The maximum absolute atomic E-state index is 12.0. The minimum atomic E-state index is -0.456. The van der Waals surface area contributed by atoms with Crippen molar-refractivity contribution in [2.75, 3.05) is 5.73 Å². The topological polar surface area (TPSA) is 68.1 Å². The van der Waals surface area contributed by atoms with E-state index in [-0.39, 0.29) is 0 Å². The smallest absolute Gasteiger partial charge is 0.360 e. The number of rotatable bonds is 2. The van der Waals surface area contributed by atoms with E-state index in [0.29, 0.717) is 22.2 Å². The van der Waals surface area contributed by atoms with Crippen molar-refractivity contribution in [3.05, 3.63) is 59.2 Å². The third-order valence-electron chi connectivity index (χ3n) is 2.89. The highest BCUT2D eigenvalue weighted by atomic mass is 35.5. The molecule has 3 rings (SSSR count). The van der Waals surface area contributed by atoms with E-state index in [1.165, 1.54) is 0 Å². The van der Waals surface area contributed by atoms with Gasteiger partial charge in [0.15, 0.2) is 0 Å². The first kappa shape index (κ1) is 12.6. The summed E-state index contributed by atoms with van der Waals surface area (Å²) in [5.74, 6) is -0.0111. The predicted octanol–water partition coefficient (Wildman–Crippen LogP) is 3.62. The van der Waals surface area contributed by atoms with Crippen LogP contribution >= 0.6 is 11.6 Å². The molecule has 0 atom stereocenters. The van der Waals surface area contributed by atoms with Crippen LogP contribution in [0.5, 0.6) is 5.75 Å². The molecular weight excluding hydrogens is 276 g/mol. The number of anilines is 1. The van der Waals surface area contributed by atoms with E-state index in [4.69, 9.17) is 22.1 Å². The molecule has 0 saturated carbocycles. The van der Waals surface area contributed by atoms with Crippen molar-refractivity contribution >= 4 is 34.2 Å². The number of carbonyl (C=O) groups is 1. The standard InChI is InChI=1S/C15H11ClN2O2/c16-10-1-6-13-9(7-10)8-14(18-13)15(19)20-12-4-2-11(17)3-5-12/h1-8,18H,17H2. The van der Waals surface area contributed by atoms with Gasteiger partial charge in [0, 0.05) is 21.6 Å². The summed E-state index contributed by atoms with van der Waals surface area (Å²) in [4.78, 5) is 15.0. The second kappa shape index (κ2) is 4.90. The van der Waals surface area contributed by atoms with Gasteiger partial charge in [-0.3, -0.25) is 0 Å². The van der Waals surface area contributed by atoms with Gasteiger partial charge in [-0.15, -0.1) is 0 Å². The summed E-state index contributed by atoms with van der Waals surface area (Å²) in [5, 5.41) is 1.48. The molecule has 0 aliphatic carbocycles. The van der Waals surface area contributed by atoms with Gasteiger partial charge in [-0.2, -0.15) is 0 Å². The molecule has 0 aliphatic heterocycles. The van der Waals surface area contributed by atoms with Crippen LogP contribution in [0.4, 0.5) is 5.69 Å². The van der Waals surface area contributed by atoms with Crippen molar-refractivity contribution in [2.24, 2.45) is 0 Å². The van der Waals surface area contributed by atoms with Crippen LogP contribution in [0.15, 0.2) is 48.5 Å². The number of hydrogen-bond donors (Lipinski definition) is 2. The van der Waals surface area contributed by atoms with E-state index in [9.17, 15) is 4.79 Å². The fourth-order valence-corrected chi connectivity index (χ4v) is 2.09. The maximum atomic E-state index is 12.0. The third kappa shape index (κ3) is 2.46. The van der Waals surface area contributed by atoms with Gasteiger partial charge in [0.05, 0.1) is 0 Å². The van der Waals surface area contributed by atoms with Gasteiger partial charge < -0.3 is 15.5 Å². The quantitative estimate of drug-likeness (QED) is 0.429. The molecule has 0 amide bonds. The lowest BCUT2D eigenvalue weighted by Crippen LogP contribution is -2.08. The zero-order valence-corrected chi connectivity index (χ0v) is 11.1. The third-order valence-corrected chi connectivity index (χ3v) is 3.13. The first-order valence-electron chi connectivity index (χ1n) is 5.98. The number of H-pyrrole nitrogens is 1. The predicted molar refractivity (Wildman–Crippen MR) is 79.1 cm³/mol. The van der Waals surface area contributed by atoms with E-state index in [0.717, 1.165) is 10.9 Å². The van der Waals surface area contributed by atoms with Crippen molar-refractivity contribution in [2.45, 2.75) is 0 Å². The highest BCUT2D eigenvalue weighted by Crippen LogP contribution is 2.21. The van der Waals surface area contributed by atoms with E-state index < -0.39 is 5.97 Å². The molecule has 4 nitrogen and oxygen atoms in total. The lowest BCUT2D eigenvalue weighted by molar-refractivity contribution is 0.0729. The number of fused-ring (bicyclic) bond motifs is 1. The van der Waals surface area contributed by atoms with Crippen molar-refractivity contribution in [3.63, 3.8) is 0 Å². The molecule has 0 fully saturated rings. The number of ether oxygens (including phenoxy) is 1. The maximum Gasteiger partial charge on any atom is 0.360 e. The largest absolute Gasteiger partial charge is 0.422 e. The Morgan fingerprint density at radius 1 is 1.10 bits per heavy atom. The molecule has 1 aromatic heterocycles. The van der Waals surface area contributed by atoms with Gasteiger partial charge in [-0.25, -0.2) is 4.79 Å². The number of nitrogens with two attached hydrogens (primary N) is 1. The number of halogens is 1. The van der Waals surface area contributed by atoms with Crippen molar-refractivity contribution < 1.29 is 9.53 Å². The van der Waals surface area contributed by atoms with Gasteiger partial charge in [-0.05, 0) is 48.5 Å². The Hall–Kier alpha value is -2.46. The molecule has 0 bridgehead atoms. The van der Waals surface area contributed by atoms with Gasteiger partial charge in [0.1, 0.15) is 11.4 Å². The Bertz CT molecular complexity index is 778. The number of carbonyl (C=O) groups excluding carboxylic acids is 1. The number of aromatic nitrogens is 1. The fourth-order valence-electron chi connectivity index (χ4n) is 1.91. The first-order chi connectivity index (χ1) is 9.61. The summed E-state index contributed by atoms with van der Waals surface area (Å²) in [5.41, 5.74) is 7.40. The lowest BCUT2D eigenvalue weighted by Gasteiger charge is -2.02. The average molecular weight is 287 g/mol. The zero-order valence-electron chi connectivity index (χ0n) is 10.4. The number of benzene rings is 2. The molecule has 2 aromatic carbocycles. The Morgan fingerprint density at radius 2 is 1.85 bits per heavy atom. The van der Waals surface area contributed by atoms with Gasteiger partial charge in [-0.1, -0.05) is 11.6 Å². The van der Waals surface area contributed by atoms with Crippen LogP contribution in [0, 0.1) is 0 Å². The molecular formula is C15H11ClN2O2.